The van der Waals surface area contributed by atoms with Crippen LogP contribution in [0.1, 0.15) is 25.3 Å². The molecule has 1 saturated heterocycles. The molecule has 0 aliphatic carbocycles. The third kappa shape index (κ3) is 4.41. The molecular weight excluding hydrogens is 224 g/mol. The van der Waals surface area contributed by atoms with E-state index in [1.54, 1.807) is 0 Å². The fraction of sp³-hybridized carbons (Fsp3) is 0.600. The van der Waals surface area contributed by atoms with E-state index in [0.717, 1.165) is 26.1 Å². The maximum atomic E-state index is 5.98. The molecule has 1 fully saturated rings. The number of nitrogens with two attached hydrogens (primary N) is 1. The molecule has 3 heteroatoms. The molecular formula is C15H24N2O. The van der Waals surface area contributed by atoms with Crippen molar-refractivity contribution in [3.8, 4) is 0 Å². The average Bonchev–Trinajstić information content (AvgIpc) is 2.38. The zero-order valence-electron chi connectivity index (χ0n) is 11.2. The first-order chi connectivity index (χ1) is 8.74. The highest BCUT2D eigenvalue weighted by molar-refractivity contribution is 5.13. The summed E-state index contributed by atoms with van der Waals surface area (Å²) in [5.74, 6) is 0. The molecule has 3 nitrogen and oxygen atoms in total. The molecule has 1 aliphatic rings. The molecule has 2 atom stereocenters. The van der Waals surface area contributed by atoms with Crippen LogP contribution in [0.25, 0.3) is 0 Å². The topological polar surface area (TPSA) is 38.5 Å². The van der Waals surface area contributed by atoms with Crippen LogP contribution in [0.5, 0.6) is 0 Å². The number of nitrogens with zero attached hydrogens (tertiary/aromatic N) is 1. The lowest BCUT2D eigenvalue weighted by Crippen LogP contribution is -2.45. The van der Waals surface area contributed by atoms with Gasteiger partial charge in [-0.1, -0.05) is 30.3 Å². The second kappa shape index (κ2) is 6.88. The molecule has 1 aliphatic heterocycles. The molecule has 0 saturated carbocycles. The van der Waals surface area contributed by atoms with Gasteiger partial charge in [0.15, 0.2) is 0 Å². The highest BCUT2D eigenvalue weighted by Gasteiger charge is 2.18. The summed E-state index contributed by atoms with van der Waals surface area (Å²) in [7, 11) is 0. The van der Waals surface area contributed by atoms with E-state index in [2.05, 4.69) is 24.0 Å². The van der Waals surface area contributed by atoms with Gasteiger partial charge in [-0.2, -0.15) is 0 Å². The Kier molecular flexibility index (Phi) is 5.17. The Hall–Kier alpha value is -0.900. The fourth-order valence-electron chi connectivity index (χ4n) is 2.49. The van der Waals surface area contributed by atoms with Crippen molar-refractivity contribution in [2.45, 2.75) is 38.5 Å². The molecule has 2 N–H and O–H groups in total. The van der Waals surface area contributed by atoms with Crippen molar-refractivity contribution in [2.75, 3.05) is 19.6 Å². The molecule has 0 radical (unpaired) electrons. The Bertz CT molecular complexity index is 342. The fourth-order valence-corrected chi connectivity index (χ4v) is 2.49. The van der Waals surface area contributed by atoms with Crippen LogP contribution in [-0.4, -0.2) is 36.7 Å². The Labute approximate surface area is 110 Å². The molecule has 1 heterocycles. The van der Waals surface area contributed by atoms with Crippen molar-refractivity contribution in [1.29, 1.82) is 0 Å². The van der Waals surface area contributed by atoms with E-state index in [1.165, 1.54) is 12.0 Å². The van der Waals surface area contributed by atoms with Crippen molar-refractivity contribution in [1.82, 2.24) is 4.90 Å². The zero-order chi connectivity index (χ0) is 12.8. The first-order valence-electron chi connectivity index (χ1n) is 6.87. The van der Waals surface area contributed by atoms with Crippen LogP contribution < -0.4 is 5.73 Å². The summed E-state index contributed by atoms with van der Waals surface area (Å²) < 4.78 is 5.88. The van der Waals surface area contributed by atoms with E-state index in [4.69, 9.17) is 10.5 Å². The van der Waals surface area contributed by atoms with E-state index < -0.39 is 0 Å². The molecule has 0 bridgehead atoms. The molecule has 0 amide bonds. The highest BCUT2D eigenvalue weighted by Crippen LogP contribution is 2.10. The van der Waals surface area contributed by atoms with E-state index in [1.807, 2.05) is 18.2 Å². The highest BCUT2D eigenvalue weighted by atomic mass is 16.5. The summed E-state index contributed by atoms with van der Waals surface area (Å²) in [6.07, 6.45) is 2.64. The molecule has 100 valence electrons. The second-order valence-corrected chi connectivity index (χ2v) is 5.27. The van der Waals surface area contributed by atoms with E-state index in [0.29, 0.717) is 12.6 Å². The molecule has 1 unspecified atom stereocenters. The molecule has 1 aromatic carbocycles. The number of likely N-dealkylation sites (tertiary alicyclic amines) is 1. The van der Waals surface area contributed by atoms with Gasteiger partial charge in [-0.25, -0.2) is 0 Å². The van der Waals surface area contributed by atoms with Gasteiger partial charge in [0.1, 0.15) is 0 Å². The van der Waals surface area contributed by atoms with Gasteiger partial charge < -0.3 is 10.5 Å². The third-order valence-corrected chi connectivity index (χ3v) is 3.43. The van der Waals surface area contributed by atoms with E-state index in [-0.39, 0.29) is 6.10 Å². The van der Waals surface area contributed by atoms with Crippen LogP contribution in [0, 0.1) is 0 Å². The van der Waals surface area contributed by atoms with Crippen LogP contribution in [-0.2, 0) is 11.3 Å². The Morgan fingerprint density at radius 2 is 2.17 bits per heavy atom. The van der Waals surface area contributed by atoms with Crippen molar-refractivity contribution in [3.05, 3.63) is 35.9 Å². The van der Waals surface area contributed by atoms with Gasteiger partial charge in [0.25, 0.3) is 0 Å². The van der Waals surface area contributed by atoms with Crippen molar-refractivity contribution in [3.63, 3.8) is 0 Å². The van der Waals surface area contributed by atoms with Crippen LogP contribution >= 0.6 is 0 Å². The maximum Gasteiger partial charge on any atom is 0.0721 e. The summed E-state index contributed by atoms with van der Waals surface area (Å²) in [6.45, 7) is 6.00. The van der Waals surface area contributed by atoms with E-state index in [9.17, 15) is 0 Å². The normalized spacial score (nSPS) is 22.9. The van der Waals surface area contributed by atoms with Crippen molar-refractivity contribution >= 4 is 0 Å². The number of hydrogen-bond acceptors (Lipinski definition) is 3. The number of ether oxygens (including phenoxy) is 1. The van der Waals surface area contributed by atoms with Crippen molar-refractivity contribution in [2.24, 2.45) is 5.73 Å². The summed E-state index contributed by atoms with van der Waals surface area (Å²) in [5, 5.41) is 0. The predicted molar refractivity (Wildman–Crippen MR) is 74.3 cm³/mol. The SMILES string of the molecule is CC(CN1CCC[C@@H](N)C1)OCc1ccccc1. The Balaban J connectivity index is 1.70. The predicted octanol–water partition coefficient (Wildman–Crippen LogP) is 2.01. The lowest BCUT2D eigenvalue weighted by Gasteiger charge is -2.32. The lowest BCUT2D eigenvalue weighted by atomic mass is 10.1. The van der Waals surface area contributed by atoms with Gasteiger partial charge in [0.05, 0.1) is 12.7 Å². The monoisotopic (exact) mass is 248 g/mol. The number of piperidine rings is 1. The number of rotatable bonds is 5. The molecule has 1 aromatic rings. The number of benzene rings is 1. The minimum Gasteiger partial charge on any atom is -0.373 e. The van der Waals surface area contributed by atoms with Crippen LogP contribution in [0.15, 0.2) is 30.3 Å². The van der Waals surface area contributed by atoms with Gasteiger partial charge in [0, 0.05) is 19.1 Å². The van der Waals surface area contributed by atoms with Crippen molar-refractivity contribution < 1.29 is 4.74 Å². The largest absolute Gasteiger partial charge is 0.373 e. The summed E-state index contributed by atoms with van der Waals surface area (Å²) >= 11 is 0. The molecule has 0 spiro atoms. The molecule has 18 heavy (non-hydrogen) atoms. The Morgan fingerprint density at radius 1 is 1.39 bits per heavy atom. The van der Waals surface area contributed by atoms with E-state index >= 15 is 0 Å². The van der Waals surface area contributed by atoms with Gasteiger partial charge in [-0.05, 0) is 31.9 Å². The zero-order valence-corrected chi connectivity index (χ0v) is 11.2. The average molecular weight is 248 g/mol. The molecule has 2 rings (SSSR count). The van der Waals surface area contributed by atoms with Crippen LogP contribution in [0.3, 0.4) is 0 Å². The van der Waals surface area contributed by atoms with Gasteiger partial charge in [0.2, 0.25) is 0 Å². The van der Waals surface area contributed by atoms with Gasteiger partial charge in [-0.3, -0.25) is 4.90 Å². The lowest BCUT2D eigenvalue weighted by molar-refractivity contribution is 0.0211. The standard InChI is InChI=1S/C15H24N2O/c1-13(10-17-9-5-8-15(16)11-17)18-12-14-6-3-2-4-7-14/h2-4,6-7,13,15H,5,8-12,16H2,1H3/t13?,15-/m1/s1. The quantitative estimate of drug-likeness (QED) is 0.866. The first-order valence-corrected chi connectivity index (χ1v) is 6.87. The molecule has 0 aromatic heterocycles. The second-order valence-electron chi connectivity index (χ2n) is 5.27. The van der Waals surface area contributed by atoms with Gasteiger partial charge >= 0.3 is 0 Å². The summed E-state index contributed by atoms with van der Waals surface area (Å²) in [5.41, 5.74) is 7.22. The maximum absolute atomic E-state index is 5.98. The van der Waals surface area contributed by atoms with Crippen LogP contribution in [0.4, 0.5) is 0 Å². The first kappa shape index (κ1) is 13.5. The minimum atomic E-state index is 0.260. The summed E-state index contributed by atoms with van der Waals surface area (Å²) in [6, 6.07) is 10.7. The van der Waals surface area contributed by atoms with Gasteiger partial charge in [-0.15, -0.1) is 0 Å². The van der Waals surface area contributed by atoms with Crippen LogP contribution in [0.2, 0.25) is 0 Å². The summed E-state index contributed by atoms with van der Waals surface area (Å²) in [4.78, 5) is 2.42. The smallest absolute Gasteiger partial charge is 0.0721 e. The third-order valence-electron chi connectivity index (χ3n) is 3.43. The minimum absolute atomic E-state index is 0.260. The number of hydrogen-bond donors (Lipinski definition) is 1. The Morgan fingerprint density at radius 3 is 2.89 bits per heavy atom.